The molecule has 8 nitrogen and oxygen atoms in total. The topological polar surface area (TPSA) is 162 Å². The molecule has 0 bridgehead atoms. The van der Waals surface area contributed by atoms with E-state index >= 15 is 0 Å². The number of benzene rings is 1. The summed E-state index contributed by atoms with van der Waals surface area (Å²) in [5.74, 6) is -2.89. The van der Waals surface area contributed by atoms with Crippen LogP contribution in [-0.2, 0) is 27.3 Å². The Kier molecular flexibility index (Phi) is 6.21. The lowest BCUT2D eigenvalue weighted by Crippen LogP contribution is -2.38. The van der Waals surface area contributed by atoms with E-state index in [-0.39, 0.29) is 18.9 Å². The summed E-state index contributed by atoms with van der Waals surface area (Å²) in [6, 6.07) is 5.53. The molecular formula is C14H18N4O4. The van der Waals surface area contributed by atoms with E-state index in [1.54, 1.807) is 24.3 Å². The zero-order valence-electron chi connectivity index (χ0n) is 11.9. The molecule has 0 amide bonds. The Balaban J connectivity index is 2.72. The largest absolute Gasteiger partial charge is 0.481 e. The first-order valence-electron chi connectivity index (χ1n) is 6.47. The SMILES string of the molecule is NC(N)=NCc1cccc(CC(=O)C(=O)[C@@H](N)CC(=O)O)c1. The molecule has 0 heterocycles. The number of carbonyl (C=O) groups excluding carboxylic acids is 2. The van der Waals surface area contributed by atoms with E-state index < -0.39 is 30.0 Å². The molecule has 0 saturated heterocycles. The van der Waals surface area contributed by atoms with Crippen molar-refractivity contribution in [1.29, 1.82) is 0 Å². The van der Waals surface area contributed by atoms with Crippen LogP contribution in [0.3, 0.4) is 0 Å². The number of carboxylic acids is 1. The van der Waals surface area contributed by atoms with Crippen molar-refractivity contribution in [1.82, 2.24) is 0 Å². The van der Waals surface area contributed by atoms with Crippen LogP contribution in [0.25, 0.3) is 0 Å². The number of carboxylic acid groups (broad SMARTS) is 1. The molecule has 0 fully saturated rings. The van der Waals surface area contributed by atoms with Crippen LogP contribution < -0.4 is 17.2 Å². The minimum absolute atomic E-state index is 0.0451. The highest BCUT2D eigenvalue weighted by Gasteiger charge is 2.23. The molecule has 118 valence electrons. The highest BCUT2D eigenvalue weighted by atomic mass is 16.4. The maximum atomic E-state index is 11.8. The van der Waals surface area contributed by atoms with Crippen LogP contribution in [0.5, 0.6) is 0 Å². The van der Waals surface area contributed by atoms with Gasteiger partial charge in [0.15, 0.2) is 5.96 Å². The summed E-state index contributed by atoms with van der Waals surface area (Å²) in [6.07, 6.45) is -0.725. The van der Waals surface area contributed by atoms with Gasteiger partial charge >= 0.3 is 5.97 Å². The molecule has 1 rings (SSSR count). The van der Waals surface area contributed by atoms with Crippen LogP contribution in [0.15, 0.2) is 29.3 Å². The maximum Gasteiger partial charge on any atom is 0.305 e. The highest BCUT2D eigenvalue weighted by Crippen LogP contribution is 2.08. The number of hydrogen-bond donors (Lipinski definition) is 4. The molecule has 0 spiro atoms. The Hall–Kier alpha value is -2.74. The van der Waals surface area contributed by atoms with Crippen molar-refractivity contribution in [2.45, 2.75) is 25.4 Å². The highest BCUT2D eigenvalue weighted by molar-refractivity contribution is 6.39. The first-order valence-corrected chi connectivity index (χ1v) is 6.47. The number of Topliss-reactive ketones (excluding diaryl/α,β-unsaturated/α-hetero) is 2. The summed E-state index contributed by atoms with van der Waals surface area (Å²) in [5, 5.41) is 8.57. The number of aliphatic imine (C=N–C) groups is 1. The summed E-state index contributed by atoms with van der Waals surface area (Å²) in [4.78, 5) is 37.8. The number of aliphatic carboxylic acids is 1. The van der Waals surface area contributed by atoms with Crippen LogP contribution >= 0.6 is 0 Å². The van der Waals surface area contributed by atoms with Crippen LogP contribution in [0.2, 0.25) is 0 Å². The van der Waals surface area contributed by atoms with Gasteiger partial charge in [0, 0.05) is 6.42 Å². The standard InChI is InChI=1S/C14H18N4O4/c15-10(6-12(20)21)13(22)11(19)5-8-2-1-3-9(4-8)7-18-14(16)17/h1-4,10H,5-7,15H2,(H,20,21)(H4,16,17,18)/t10-/m0/s1. The fourth-order valence-corrected chi connectivity index (χ4v) is 1.78. The maximum absolute atomic E-state index is 11.8. The van der Waals surface area contributed by atoms with Gasteiger partial charge in [0.2, 0.25) is 11.6 Å². The Bertz CT molecular complexity index is 609. The molecule has 1 aromatic rings. The molecule has 0 unspecified atom stereocenters. The van der Waals surface area contributed by atoms with Gasteiger partial charge in [-0.25, -0.2) is 4.99 Å². The van der Waals surface area contributed by atoms with Gasteiger partial charge in [0.1, 0.15) is 0 Å². The Morgan fingerprint density at radius 3 is 2.41 bits per heavy atom. The predicted octanol–water partition coefficient (Wildman–Crippen LogP) is -1.06. The third-order valence-corrected chi connectivity index (χ3v) is 2.81. The third-order valence-electron chi connectivity index (χ3n) is 2.81. The molecule has 0 aliphatic carbocycles. The molecule has 0 saturated carbocycles. The Labute approximate surface area is 127 Å². The fourth-order valence-electron chi connectivity index (χ4n) is 1.78. The van der Waals surface area contributed by atoms with E-state index in [9.17, 15) is 14.4 Å². The lowest BCUT2D eigenvalue weighted by molar-refractivity contribution is -0.141. The van der Waals surface area contributed by atoms with Gasteiger partial charge in [0.05, 0.1) is 19.0 Å². The Morgan fingerprint density at radius 2 is 1.82 bits per heavy atom. The van der Waals surface area contributed by atoms with Crippen molar-refractivity contribution >= 4 is 23.5 Å². The average molecular weight is 306 g/mol. The molecule has 7 N–H and O–H groups in total. The van der Waals surface area contributed by atoms with Gasteiger partial charge in [-0.05, 0) is 11.1 Å². The molecule has 22 heavy (non-hydrogen) atoms. The normalized spacial score (nSPS) is 11.5. The lowest BCUT2D eigenvalue weighted by Gasteiger charge is -2.07. The first kappa shape index (κ1) is 17.3. The average Bonchev–Trinajstić information content (AvgIpc) is 2.43. The molecule has 1 atom stereocenters. The molecule has 0 aliphatic heterocycles. The summed E-state index contributed by atoms with van der Waals surface area (Å²) < 4.78 is 0. The van der Waals surface area contributed by atoms with Crippen molar-refractivity contribution in [3.05, 3.63) is 35.4 Å². The zero-order chi connectivity index (χ0) is 16.7. The zero-order valence-corrected chi connectivity index (χ0v) is 11.9. The quantitative estimate of drug-likeness (QED) is 0.270. The third kappa shape index (κ3) is 5.71. The van der Waals surface area contributed by atoms with Gasteiger partial charge in [-0.15, -0.1) is 0 Å². The van der Waals surface area contributed by atoms with Crippen LogP contribution in [0, 0.1) is 0 Å². The van der Waals surface area contributed by atoms with E-state index in [0.29, 0.717) is 5.56 Å². The summed E-state index contributed by atoms with van der Waals surface area (Å²) in [7, 11) is 0. The number of guanidine groups is 1. The van der Waals surface area contributed by atoms with E-state index in [1.807, 2.05) is 0 Å². The second-order valence-corrected chi connectivity index (χ2v) is 4.73. The van der Waals surface area contributed by atoms with E-state index in [1.165, 1.54) is 0 Å². The molecule has 1 aromatic carbocycles. The predicted molar refractivity (Wildman–Crippen MR) is 79.9 cm³/mol. The monoisotopic (exact) mass is 306 g/mol. The minimum atomic E-state index is -1.32. The van der Waals surface area contributed by atoms with Gasteiger partial charge in [0.25, 0.3) is 0 Å². The molecule has 0 radical (unpaired) electrons. The second-order valence-electron chi connectivity index (χ2n) is 4.73. The molecule has 8 heteroatoms. The van der Waals surface area contributed by atoms with Gasteiger partial charge in [-0.2, -0.15) is 0 Å². The van der Waals surface area contributed by atoms with E-state index in [0.717, 1.165) is 5.56 Å². The number of carbonyl (C=O) groups is 3. The first-order chi connectivity index (χ1) is 10.3. The van der Waals surface area contributed by atoms with Crippen molar-refractivity contribution in [2.24, 2.45) is 22.2 Å². The van der Waals surface area contributed by atoms with Crippen LogP contribution in [0.4, 0.5) is 0 Å². The van der Waals surface area contributed by atoms with Crippen LogP contribution in [-0.4, -0.2) is 34.6 Å². The van der Waals surface area contributed by atoms with Crippen molar-refractivity contribution in [2.75, 3.05) is 0 Å². The smallest absolute Gasteiger partial charge is 0.305 e. The van der Waals surface area contributed by atoms with Gasteiger partial charge in [-0.1, -0.05) is 24.3 Å². The number of hydrogen-bond acceptors (Lipinski definition) is 5. The van der Waals surface area contributed by atoms with E-state index in [2.05, 4.69) is 4.99 Å². The number of nitrogens with two attached hydrogens (primary N) is 3. The van der Waals surface area contributed by atoms with Gasteiger partial charge in [-0.3, -0.25) is 14.4 Å². The molecule has 0 aromatic heterocycles. The number of rotatable bonds is 8. The lowest BCUT2D eigenvalue weighted by atomic mass is 9.99. The second kappa shape index (κ2) is 7.89. The number of nitrogens with zero attached hydrogens (tertiary/aromatic N) is 1. The fraction of sp³-hybridized carbons (Fsp3) is 0.286. The van der Waals surface area contributed by atoms with Crippen LogP contribution in [0.1, 0.15) is 17.5 Å². The van der Waals surface area contributed by atoms with Gasteiger partial charge < -0.3 is 22.3 Å². The number of ketones is 2. The van der Waals surface area contributed by atoms with Crippen molar-refractivity contribution < 1.29 is 19.5 Å². The Morgan fingerprint density at radius 1 is 1.18 bits per heavy atom. The summed E-state index contributed by atoms with van der Waals surface area (Å²) in [5.41, 5.74) is 17.2. The molecular weight excluding hydrogens is 288 g/mol. The summed E-state index contributed by atoms with van der Waals surface area (Å²) in [6.45, 7) is 0.261. The van der Waals surface area contributed by atoms with Crippen molar-refractivity contribution in [3.8, 4) is 0 Å². The molecule has 0 aliphatic rings. The summed E-state index contributed by atoms with van der Waals surface area (Å²) >= 11 is 0. The minimum Gasteiger partial charge on any atom is -0.481 e. The van der Waals surface area contributed by atoms with E-state index in [4.69, 9.17) is 22.3 Å². The van der Waals surface area contributed by atoms with Crippen molar-refractivity contribution in [3.63, 3.8) is 0 Å².